The molecule has 0 aromatic heterocycles. The van der Waals surface area contributed by atoms with Crippen LogP contribution in [0.1, 0.15) is 41.5 Å². The van der Waals surface area contributed by atoms with Crippen molar-refractivity contribution in [3.63, 3.8) is 0 Å². The number of hydrogen-bond donors (Lipinski definition) is 0. The van der Waals surface area contributed by atoms with Gasteiger partial charge in [0, 0.05) is 5.54 Å². The van der Waals surface area contributed by atoms with E-state index in [4.69, 9.17) is 4.74 Å². The summed E-state index contributed by atoms with van der Waals surface area (Å²) < 4.78 is 5.12. The first-order chi connectivity index (χ1) is 6.14. The molecule has 0 radical (unpaired) electrons. The second kappa shape index (κ2) is 3.23. The van der Waals surface area contributed by atoms with Crippen LogP contribution in [-0.2, 0) is 9.53 Å². The lowest BCUT2D eigenvalue weighted by Crippen LogP contribution is -2.51. The van der Waals surface area contributed by atoms with E-state index in [9.17, 15) is 4.79 Å². The molecule has 0 bridgehead atoms. The molecule has 14 heavy (non-hydrogen) atoms. The Morgan fingerprint density at radius 2 is 1.71 bits per heavy atom. The van der Waals surface area contributed by atoms with E-state index < -0.39 is 0 Å². The van der Waals surface area contributed by atoms with Crippen LogP contribution in [0.4, 0.5) is 0 Å². The Kier molecular flexibility index (Phi) is 2.65. The van der Waals surface area contributed by atoms with Crippen LogP contribution in [0.25, 0.3) is 0 Å². The van der Waals surface area contributed by atoms with Crippen molar-refractivity contribution >= 4 is 5.97 Å². The number of carbonyl (C=O) groups is 1. The van der Waals surface area contributed by atoms with Gasteiger partial charge in [0.2, 0.25) is 0 Å². The molecule has 1 aliphatic rings. The molecule has 82 valence electrons. The maximum absolute atomic E-state index is 11.6. The van der Waals surface area contributed by atoms with E-state index in [1.54, 1.807) is 0 Å². The second-order valence-electron chi connectivity index (χ2n) is 6.00. The number of carbonyl (C=O) groups excluding carboxylic acids is 1. The number of esters is 1. The normalized spacial score (nSPS) is 25.3. The fraction of sp³-hybridized carbons (Fsp3) is 0.909. The minimum atomic E-state index is -0.123. The van der Waals surface area contributed by atoms with Crippen LogP contribution in [0.2, 0.25) is 0 Å². The van der Waals surface area contributed by atoms with Crippen LogP contribution in [0.15, 0.2) is 0 Å². The molecule has 0 amide bonds. The molecule has 0 spiro atoms. The Labute approximate surface area is 86.4 Å². The number of ether oxygens (including phenoxy) is 1. The second-order valence-corrected chi connectivity index (χ2v) is 6.00. The Balaban J connectivity index is 2.94. The van der Waals surface area contributed by atoms with Crippen LogP contribution in [-0.4, -0.2) is 29.2 Å². The molecule has 0 aromatic rings. The molecule has 1 atom stereocenters. The van der Waals surface area contributed by atoms with Gasteiger partial charge in [0.1, 0.15) is 12.8 Å². The predicted octanol–water partition coefficient (Wildman–Crippen LogP) is 2.02. The number of hydrogen-bond acceptors (Lipinski definition) is 3. The molecular weight excluding hydrogens is 178 g/mol. The summed E-state index contributed by atoms with van der Waals surface area (Å²) in [5, 5.41) is 0. The summed E-state index contributed by atoms with van der Waals surface area (Å²) in [5.41, 5.74) is -0.0923. The maximum atomic E-state index is 11.6. The summed E-state index contributed by atoms with van der Waals surface area (Å²) in [4.78, 5) is 13.7. The van der Waals surface area contributed by atoms with Gasteiger partial charge >= 0.3 is 5.97 Å². The Morgan fingerprint density at radius 3 is 2.00 bits per heavy atom. The van der Waals surface area contributed by atoms with Gasteiger partial charge in [-0.2, -0.15) is 0 Å². The van der Waals surface area contributed by atoms with Gasteiger partial charge in [-0.25, -0.2) is 0 Å². The first-order valence-corrected chi connectivity index (χ1v) is 5.07. The third-order valence-corrected chi connectivity index (χ3v) is 2.56. The topological polar surface area (TPSA) is 29.5 Å². The quantitative estimate of drug-likeness (QED) is 0.559. The van der Waals surface area contributed by atoms with Crippen LogP contribution in [0, 0.1) is 5.41 Å². The average molecular weight is 199 g/mol. The molecule has 1 unspecified atom stereocenters. The zero-order chi connectivity index (χ0) is 11.1. The van der Waals surface area contributed by atoms with Crippen molar-refractivity contribution in [1.82, 2.24) is 4.90 Å². The van der Waals surface area contributed by atoms with E-state index in [0.29, 0.717) is 6.73 Å². The standard InChI is InChI=1S/C11H21NO2/c1-10(2,3)8-9(13)14-7-12(8)11(4,5)6/h8H,7H2,1-6H3. The minimum absolute atomic E-state index is 0.0237. The van der Waals surface area contributed by atoms with Crippen LogP contribution in [0.5, 0.6) is 0 Å². The fourth-order valence-electron chi connectivity index (χ4n) is 1.82. The van der Waals surface area contributed by atoms with E-state index in [-0.39, 0.29) is 23.0 Å². The molecule has 0 N–H and O–H groups in total. The highest BCUT2D eigenvalue weighted by atomic mass is 16.6. The smallest absolute Gasteiger partial charge is 0.325 e. The van der Waals surface area contributed by atoms with Crippen molar-refractivity contribution < 1.29 is 9.53 Å². The molecule has 3 nitrogen and oxygen atoms in total. The average Bonchev–Trinajstić information content (AvgIpc) is 2.27. The molecule has 0 saturated carbocycles. The lowest BCUT2D eigenvalue weighted by molar-refractivity contribution is -0.141. The summed E-state index contributed by atoms with van der Waals surface area (Å²) in [6, 6.07) is -0.123. The zero-order valence-electron chi connectivity index (χ0n) is 10.0. The summed E-state index contributed by atoms with van der Waals surface area (Å²) in [5.74, 6) is -0.0903. The lowest BCUT2D eigenvalue weighted by Gasteiger charge is -2.39. The molecule has 0 aliphatic carbocycles. The van der Waals surface area contributed by atoms with Crippen LogP contribution < -0.4 is 0 Å². The molecule has 1 rings (SSSR count). The van der Waals surface area contributed by atoms with Gasteiger partial charge in [-0.3, -0.25) is 9.69 Å². The zero-order valence-corrected chi connectivity index (χ0v) is 10.0. The van der Waals surface area contributed by atoms with Gasteiger partial charge in [0.25, 0.3) is 0 Å². The highest BCUT2D eigenvalue weighted by Gasteiger charge is 2.46. The molecule has 1 aliphatic heterocycles. The van der Waals surface area contributed by atoms with Crippen molar-refractivity contribution in [2.75, 3.05) is 6.73 Å². The molecule has 1 saturated heterocycles. The summed E-state index contributed by atoms with van der Waals surface area (Å²) in [7, 11) is 0. The van der Waals surface area contributed by atoms with Crippen molar-refractivity contribution in [2.24, 2.45) is 5.41 Å². The molecular formula is C11H21NO2. The Bertz CT molecular complexity index is 235. The molecule has 1 fully saturated rings. The predicted molar refractivity (Wildman–Crippen MR) is 55.8 cm³/mol. The van der Waals surface area contributed by atoms with Gasteiger partial charge in [-0.05, 0) is 26.2 Å². The lowest BCUT2D eigenvalue weighted by atomic mass is 9.84. The largest absolute Gasteiger partial charge is 0.448 e. The highest BCUT2D eigenvalue weighted by Crippen LogP contribution is 2.33. The summed E-state index contributed by atoms with van der Waals surface area (Å²) >= 11 is 0. The van der Waals surface area contributed by atoms with Crippen molar-refractivity contribution in [3.05, 3.63) is 0 Å². The fourth-order valence-corrected chi connectivity index (χ4v) is 1.82. The number of nitrogens with zero attached hydrogens (tertiary/aromatic N) is 1. The van der Waals surface area contributed by atoms with E-state index in [1.807, 2.05) is 0 Å². The number of rotatable bonds is 0. The van der Waals surface area contributed by atoms with Crippen molar-refractivity contribution in [1.29, 1.82) is 0 Å². The van der Waals surface area contributed by atoms with Gasteiger partial charge in [0.15, 0.2) is 0 Å². The minimum Gasteiger partial charge on any atom is -0.448 e. The van der Waals surface area contributed by atoms with E-state index in [1.165, 1.54) is 0 Å². The third-order valence-electron chi connectivity index (χ3n) is 2.56. The maximum Gasteiger partial charge on any atom is 0.325 e. The monoisotopic (exact) mass is 199 g/mol. The first-order valence-electron chi connectivity index (χ1n) is 5.07. The molecule has 0 aromatic carbocycles. The van der Waals surface area contributed by atoms with Gasteiger partial charge < -0.3 is 4.74 Å². The molecule has 3 heteroatoms. The van der Waals surface area contributed by atoms with Crippen molar-refractivity contribution in [2.45, 2.75) is 53.1 Å². The van der Waals surface area contributed by atoms with Crippen LogP contribution >= 0.6 is 0 Å². The van der Waals surface area contributed by atoms with E-state index >= 15 is 0 Å². The SMILES string of the molecule is CC(C)(C)C1C(=O)OCN1C(C)(C)C. The Morgan fingerprint density at radius 1 is 1.21 bits per heavy atom. The Hall–Kier alpha value is -0.570. The third kappa shape index (κ3) is 2.08. The van der Waals surface area contributed by atoms with Gasteiger partial charge in [-0.15, -0.1) is 0 Å². The molecule has 1 heterocycles. The van der Waals surface area contributed by atoms with Crippen LogP contribution in [0.3, 0.4) is 0 Å². The first kappa shape index (κ1) is 11.5. The number of cyclic esters (lactones) is 1. The summed E-state index contributed by atoms with van der Waals surface area (Å²) in [6.45, 7) is 13.0. The highest BCUT2D eigenvalue weighted by molar-refractivity contribution is 5.78. The summed E-state index contributed by atoms with van der Waals surface area (Å²) in [6.07, 6.45) is 0. The van der Waals surface area contributed by atoms with E-state index in [0.717, 1.165) is 0 Å². The van der Waals surface area contributed by atoms with E-state index in [2.05, 4.69) is 46.4 Å². The van der Waals surface area contributed by atoms with Gasteiger partial charge in [0.05, 0.1) is 0 Å². The van der Waals surface area contributed by atoms with Crippen molar-refractivity contribution in [3.8, 4) is 0 Å². The van der Waals surface area contributed by atoms with Gasteiger partial charge in [-0.1, -0.05) is 20.8 Å².